The molecular weight excluding hydrogens is 406 g/mol. The minimum Gasteiger partial charge on any atom is -0.497 e. The first-order chi connectivity index (χ1) is 15.4. The molecule has 0 saturated heterocycles. The molecular formula is C25H27N3O4. The quantitative estimate of drug-likeness (QED) is 0.476. The van der Waals surface area contributed by atoms with E-state index in [2.05, 4.69) is 31.1 Å². The molecule has 0 spiro atoms. The fraction of sp³-hybridized carbons (Fsp3) is 0.280. The molecule has 0 aliphatic rings. The summed E-state index contributed by atoms with van der Waals surface area (Å²) in [6.07, 6.45) is 2.40. The van der Waals surface area contributed by atoms with E-state index in [9.17, 15) is 9.90 Å². The van der Waals surface area contributed by atoms with Crippen LogP contribution < -0.4 is 15.0 Å². The lowest BCUT2D eigenvalue weighted by Gasteiger charge is -2.17. The van der Waals surface area contributed by atoms with Crippen LogP contribution in [0.25, 0.3) is 16.8 Å². The van der Waals surface area contributed by atoms with Gasteiger partial charge in [-0.05, 0) is 35.7 Å². The van der Waals surface area contributed by atoms with Crippen molar-refractivity contribution in [1.29, 1.82) is 0 Å². The first kappa shape index (κ1) is 21.6. The SMILES string of the molecule is COc1ccc(OC)c([C@H](O)Cn2ccn3nc(-c4ccc(C(C)C)cc4)cc3c2=O)c1. The topological polar surface area (TPSA) is 78.0 Å². The van der Waals surface area contributed by atoms with Crippen molar-refractivity contribution in [2.75, 3.05) is 14.2 Å². The molecule has 1 atom stereocenters. The number of aliphatic hydroxyl groups excluding tert-OH is 1. The fourth-order valence-corrected chi connectivity index (χ4v) is 3.73. The Bertz CT molecular complexity index is 1290. The molecule has 2 aromatic heterocycles. The van der Waals surface area contributed by atoms with Gasteiger partial charge in [-0.2, -0.15) is 5.10 Å². The van der Waals surface area contributed by atoms with Gasteiger partial charge in [-0.1, -0.05) is 38.1 Å². The van der Waals surface area contributed by atoms with Gasteiger partial charge in [-0.15, -0.1) is 0 Å². The highest BCUT2D eigenvalue weighted by atomic mass is 16.5. The highest BCUT2D eigenvalue weighted by molar-refractivity contribution is 5.65. The minimum atomic E-state index is -0.953. The zero-order valence-electron chi connectivity index (χ0n) is 18.6. The standard InChI is InChI=1S/C25H27N3O4/c1-16(2)17-5-7-18(8-6-17)21-14-22-25(30)27(11-12-28(22)26-21)15-23(29)20-13-19(31-3)9-10-24(20)32-4/h5-14,16,23,29H,15H2,1-4H3/t23-/m1/s1. The highest BCUT2D eigenvalue weighted by Gasteiger charge is 2.17. The lowest BCUT2D eigenvalue weighted by molar-refractivity contribution is 0.151. The number of nitrogens with zero attached hydrogens (tertiary/aromatic N) is 3. The summed E-state index contributed by atoms with van der Waals surface area (Å²) < 4.78 is 13.7. The van der Waals surface area contributed by atoms with Crippen LogP contribution in [-0.2, 0) is 6.54 Å². The Morgan fingerprint density at radius 2 is 1.75 bits per heavy atom. The van der Waals surface area contributed by atoms with Crippen LogP contribution in [0.15, 0.2) is 65.7 Å². The zero-order chi connectivity index (χ0) is 22.8. The van der Waals surface area contributed by atoms with Crippen molar-refractivity contribution in [3.8, 4) is 22.8 Å². The van der Waals surface area contributed by atoms with Gasteiger partial charge < -0.3 is 19.1 Å². The van der Waals surface area contributed by atoms with Crippen LogP contribution in [0.3, 0.4) is 0 Å². The third kappa shape index (κ3) is 4.11. The minimum absolute atomic E-state index is 0.0719. The maximum Gasteiger partial charge on any atom is 0.276 e. The van der Waals surface area contributed by atoms with Gasteiger partial charge in [0.25, 0.3) is 5.56 Å². The average molecular weight is 434 g/mol. The van der Waals surface area contributed by atoms with E-state index in [4.69, 9.17) is 9.47 Å². The third-order valence-corrected chi connectivity index (χ3v) is 5.64. The Kier molecular flexibility index (Phi) is 6.01. The van der Waals surface area contributed by atoms with Gasteiger partial charge in [-0.3, -0.25) is 4.79 Å². The van der Waals surface area contributed by atoms with E-state index in [1.807, 2.05) is 12.1 Å². The lowest BCUT2D eigenvalue weighted by atomic mass is 10.0. The normalized spacial score (nSPS) is 12.3. The second-order valence-electron chi connectivity index (χ2n) is 8.02. The number of methoxy groups -OCH3 is 2. The van der Waals surface area contributed by atoms with Gasteiger partial charge in [-0.25, -0.2) is 4.52 Å². The number of aliphatic hydroxyl groups is 1. The van der Waals surface area contributed by atoms with Crippen LogP contribution in [0, 0.1) is 0 Å². The lowest BCUT2D eigenvalue weighted by Crippen LogP contribution is -2.24. The van der Waals surface area contributed by atoms with Crippen LogP contribution in [0.5, 0.6) is 11.5 Å². The van der Waals surface area contributed by atoms with Crippen LogP contribution >= 0.6 is 0 Å². The molecule has 2 heterocycles. The van der Waals surface area contributed by atoms with Gasteiger partial charge in [0.15, 0.2) is 0 Å². The number of hydrogen-bond acceptors (Lipinski definition) is 5. The molecule has 4 aromatic rings. The van der Waals surface area contributed by atoms with Crippen molar-refractivity contribution in [3.05, 3.63) is 82.4 Å². The van der Waals surface area contributed by atoms with Crippen molar-refractivity contribution < 1.29 is 14.6 Å². The Balaban J connectivity index is 1.65. The van der Waals surface area contributed by atoms with E-state index in [-0.39, 0.29) is 12.1 Å². The van der Waals surface area contributed by atoms with Crippen molar-refractivity contribution in [2.24, 2.45) is 0 Å². The molecule has 7 heteroatoms. The summed E-state index contributed by atoms with van der Waals surface area (Å²) in [7, 11) is 3.10. The summed E-state index contributed by atoms with van der Waals surface area (Å²) in [6, 6.07) is 15.2. The zero-order valence-corrected chi connectivity index (χ0v) is 18.6. The molecule has 0 amide bonds. The molecule has 0 saturated carbocycles. The van der Waals surface area contributed by atoms with E-state index >= 15 is 0 Å². The molecule has 0 fully saturated rings. The summed E-state index contributed by atoms with van der Waals surface area (Å²) >= 11 is 0. The van der Waals surface area contributed by atoms with Crippen LogP contribution in [0.1, 0.15) is 37.0 Å². The van der Waals surface area contributed by atoms with Crippen molar-refractivity contribution in [1.82, 2.24) is 14.2 Å². The maximum absolute atomic E-state index is 13.1. The largest absolute Gasteiger partial charge is 0.497 e. The van der Waals surface area contributed by atoms with Crippen molar-refractivity contribution in [2.45, 2.75) is 32.4 Å². The molecule has 0 aliphatic carbocycles. The number of hydrogen-bond donors (Lipinski definition) is 1. The summed E-state index contributed by atoms with van der Waals surface area (Å²) in [5, 5.41) is 15.4. The first-order valence-electron chi connectivity index (χ1n) is 10.5. The Morgan fingerprint density at radius 1 is 1.00 bits per heavy atom. The van der Waals surface area contributed by atoms with E-state index in [0.29, 0.717) is 28.5 Å². The third-order valence-electron chi connectivity index (χ3n) is 5.64. The maximum atomic E-state index is 13.1. The van der Waals surface area contributed by atoms with Crippen molar-refractivity contribution in [3.63, 3.8) is 0 Å². The molecule has 0 unspecified atom stereocenters. The predicted molar refractivity (Wildman–Crippen MR) is 123 cm³/mol. The monoisotopic (exact) mass is 433 g/mol. The van der Waals surface area contributed by atoms with Crippen LogP contribution in [-0.4, -0.2) is 33.5 Å². The Morgan fingerprint density at radius 3 is 2.41 bits per heavy atom. The average Bonchev–Trinajstić information content (AvgIpc) is 3.25. The Labute approximate surface area is 186 Å². The van der Waals surface area contributed by atoms with E-state index in [1.165, 1.54) is 17.2 Å². The number of rotatable bonds is 7. The fourth-order valence-electron chi connectivity index (χ4n) is 3.73. The summed E-state index contributed by atoms with van der Waals surface area (Å²) in [5.41, 5.74) is 3.70. The second kappa shape index (κ2) is 8.88. The molecule has 32 heavy (non-hydrogen) atoms. The number of fused-ring (bicyclic) bond motifs is 1. The molecule has 0 radical (unpaired) electrons. The molecule has 0 bridgehead atoms. The van der Waals surface area contributed by atoms with Crippen LogP contribution in [0.2, 0.25) is 0 Å². The number of ether oxygens (including phenoxy) is 2. The van der Waals surface area contributed by atoms with Gasteiger partial charge >= 0.3 is 0 Å². The molecule has 166 valence electrons. The molecule has 1 N–H and O–H groups in total. The van der Waals surface area contributed by atoms with Gasteiger partial charge in [0, 0.05) is 23.5 Å². The second-order valence-corrected chi connectivity index (χ2v) is 8.02. The molecule has 4 rings (SSSR count). The van der Waals surface area contributed by atoms with Crippen molar-refractivity contribution >= 4 is 5.52 Å². The van der Waals surface area contributed by atoms with Gasteiger partial charge in [0.05, 0.1) is 26.5 Å². The Hall–Kier alpha value is -3.58. The number of benzene rings is 2. The van der Waals surface area contributed by atoms with Crippen LogP contribution in [0.4, 0.5) is 0 Å². The number of aromatic nitrogens is 3. The summed E-state index contributed by atoms with van der Waals surface area (Å²) in [6.45, 7) is 4.37. The first-order valence-corrected chi connectivity index (χ1v) is 10.5. The molecule has 2 aromatic carbocycles. The predicted octanol–water partition coefficient (Wildman–Crippen LogP) is 4.04. The van der Waals surface area contributed by atoms with Gasteiger partial charge in [0.1, 0.15) is 23.1 Å². The smallest absolute Gasteiger partial charge is 0.276 e. The van der Waals surface area contributed by atoms with E-state index in [0.717, 1.165) is 11.3 Å². The van der Waals surface area contributed by atoms with E-state index < -0.39 is 6.10 Å². The van der Waals surface area contributed by atoms with E-state index in [1.54, 1.807) is 48.3 Å². The summed E-state index contributed by atoms with van der Waals surface area (Å²) in [4.78, 5) is 13.1. The highest BCUT2D eigenvalue weighted by Crippen LogP contribution is 2.30. The summed E-state index contributed by atoms with van der Waals surface area (Å²) in [5.74, 6) is 1.59. The molecule has 7 nitrogen and oxygen atoms in total. The molecule has 0 aliphatic heterocycles. The van der Waals surface area contributed by atoms with Gasteiger partial charge in [0.2, 0.25) is 0 Å².